The van der Waals surface area contributed by atoms with E-state index in [-0.39, 0.29) is 47.6 Å². The summed E-state index contributed by atoms with van der Waals surface area (Å²) in [7, 11) is 1.88. The highest BCUT2D eigenvalue weighted by molar-refractivity contribution is 6.23. The minimum atomic E-state index is -1.00. The number of carbonyl (C=O) groups excluding carboxylic acids is 5. The van der Waals surface area contributed by atoms with E-state index in [1.165, 1.54) is 11.3 Å². The van der Waals surface area contributed by atoms with E-state index in [1.54, 1.807) is 30.3 Å². The lowest BCUT2D eigenvalue weighted by molar-refractivity contribution is -0.138. The van der Waals surface area contributed by atoms with Crippen molar-refractivity contribution >= 4 is 52.4 Å². The van der Waals surface area contributed by atoms with Gasteiger partial charge in [-0.1, -0.05) is 24.3 Å². The van der Waals surface area contributed by atoms with E-state index < -0.39 is 29.7 Å². The van der Waals surface area contributed by atoms with Gasteiger partial charge >= 0.3 is 0 Å². The molecule has 1 aromatic heterocycles. The molecule has 0 aliphatic carbocycles. The Morgan fingerprint density at radius 2 is 1.53 bits per heavy atom. The van der Waals surface area contributed by atoms with Crippen molar-refractivity contribution in [2.45, 2.75) is 69.2 Å². The molecule has 0 radical (unpaired) electrons. The summed E-state index contributed by atoms with van der Waals surface area (Å²) in [4.78, 5) is 76.6. The van der Waals surface area contributed by atoms with Crippen molar-refractivity contribution in [3.05, 3.63) is 89.5 Å². The fraction of sp³-hybridized carbons (Fsp3) is 0.413. The normalized spacial score (nSPS) is 23.1. The molecule has 3 unspecified atom stereocenters. The number of para-hydroxylation sites is 1. The van der Waals surface area contributed by atoms with Gasteiger partial charge in [-0.25, -0.2) is 0 Å². The lowest BCUT2D eigenvalue weighted by Gasteiger charge is -2.46. The van der Waals surface area contributed by atoms with Gasteiger partial charge in [0.15, 0.2) is 5.82 Å². The highest BCUT2D eigenvalue weighted by Gasteiger charge is 2.46. The van der Waals surface area contributed by atoms with Gasteiger partial charge in [0.2, 0.25) is 17.7 Å². The number of piperidine rings is 2. The Kier molecular flexibility index (Phi) is 10.0. The molecular weight excluding hydrogens is 789 g/mol. The first-order chi connectivity index (χ1) is 30.0. The highest BCUT2D eigenvalue weighted by Crippen LogP contribution is 2.40. The molecule has 4 aromatic rings. The fourth-order valence-corrected chi connectivity index (χ4v) is 10.4. The van der Waals surface area contributed by atoms with Crippen LogP contribution < -0.4 is 25.8 Å². The van der Waals surface area contributed by atoms with Crippen LogP contribution in [0.1, 0.15) is 64.8 Å². The SMILES string of the molecule is CN(C(=O)C1CCN(Cc2cccc(N3C4CCC3CN(c3cc(-c5ccccc5O)nnc3N)C4)c2)CC1)C1CN(c2ccc3c(c2)C(=O)N(C2CCC(=O)NC2=O)C3=O)C1. The zero-order chi connectivity index (χ0) is 42.8. The quantitative estimate of drug-likeness (QED) is 0.209. The third-order valence-corrected chi connectivity index (χ3v) is 13.9. The number of piperazine rings is 1. The van der Waals surface area contributed by atoms with Crippen molar-refractivity contribution in [2.75, 3.05) is 66.7 Å². The van der Waals surface area contributed by atoms with Gasteiger partial charge in [0, 0.05) is 81.1 Å². The molecule has 3 atom stereocenters. The van der Waals surface area contributed by atoms with Crippen LogP contribution in [0, 0.1) is 5.92 Å². The summed E-state index contributed by atoms with van der Waals surface area (Å²) in [5.74, 6) is -1.42. The molecule has 3 aromatic carbocycles. The third-order valence-electron chi connectivity index (χ3n) is 13.9. The molecule has 6 aliphatic heterocycles. The number of nitrogen functional groups attached to an aromatic ring is 1. The predicted octanol–water partition coefficient (Wildman–Crippen LogP) is 3.25. The number of nitrogens with one attached hydrogen (secondary N) is 1. The number of fused-ring (bicyclic) bond motifs is 3. The summed E-state index contributed by atoms with van der Waals surface area (Å²) in [5, 5.41) is 21.2. The van der Waals surface area contributed by atoms with Crippen molar-refractivity contribution < 1.29 is 29.1 Å². The third kappa shape index (κ3) is 7.05. The van der Waals surface area contributed by atoms with Crippen molar-refractivity contribution in [3.63, 3.8) is 0 Å². The lowest BCUT2D eigenvalue weighted by Crippen LogP contribution is -2.61. The first-order valence-corrected chi connectivity index (χ1v) is 21.6. The summed E-state index contributed by atoms with van der Waals surface area (Å²) >= 11 is 0. The maximum absolute atomic E-state index is 13.7. The number of rotatable bonds is 9. The van der Waals surface area contributed by atoms with E-state index in [4.69, 9.17) is 5.73 Å². The van der Waals surface area contributed by atoms with Crippen LogP contribution in [-0.2, 0) is 20.9 Å². The molecule has 62 heavy (non-hydrogen) atoms. The number of likely N-dealkylation sites (N-methyl/N-ethyl adjacent to an activating group) is 1. The Bertz CT molecular complexity index is 2470. The van der Waals surface area contributed by atoms with Gasteiger partial charge in [0.05, 0.1) is 28.6 Å². The van der Waals surface area contributed by atoms with Crippen LogP contribution in [0.25, 0.3) is 11.3 Å². The fourth-order valence-electron chi connectivity index (χ4n) is 10.4. The number of hydrogen-bond donors (Lipinski definition) is 3. The number of nitrogens with zero attached hydrogens (tertiary/aromatic N) is 8. The summed E-state index contributed by atoms with van der Waals surface area (Å²) in [5.41, 5.74) is 12.2. The smallest absolute Gasteiger partial charge is 0.262 e. The molecule has 6 aliphatic rings. The highest BCUT2D eigenvalue weighted by atomic mass is 16.3. The van der Waals surface area contributed by atoms with Crippen LogP contribution in [0.15, 0.2) is 72.8 Å². The second kappa shape index (κ2) is 15.7. The number of aromatic nitrogens is 2. The molecule has 16 nitrogen and oxygen atoms in total. The second-order valence-corrected chi connectivity index (χ2v) is 17.6. The Morgan fingerprint density at radius 3 is 2.27 bits per heavy atom. The number of carbonyl (C=O) groups is 5. The Balaban J connectivity index is 0.712. The van der Waals surface area contributed by atoms with E-state index in [0.29, 0.717) is 42.2 Å². The number of benzene rings is 3. The number of aromatic hydroxyl groups is 1. The summed E-state index contributed by atoms with van der Waals surface area (Å²) < 4.78 is 0. The molecule has 16 heteroatoms. The summed E-state index contributed by atoms with van der Waals surface area (Å²) in [6.45, 7) is 5.37. The lowest BCUT2D eigenvalue weighted by atomic mass is 9.93. The first kappa shape index (κ1) is 39.6. The standard InChI is InChI=1S/C46H50N10O6/c1-51(33-25-53(26-33)29-11-12-34-36(20-29)46(62)56(45(34)61)38-13-14-41(58)48-43(38)59)44(60)28-15-17-52(18-16-28)22-27-5-4-6-30(19-27)55-31-9-10-32(55)24-54(23-31)39-21-37(49-50-42(39)47)35-7-2-3-8-40(35)57/h2-8,11-12,19-21,28,31-33,38,57H,9-10,13-18,22-26H2,1H3,(H2,47,50)(H,48,58,59). The van der Waals surface area contributed by atoms with Crippen LogP contribution >= 0.6 is 0 Å². The first-order valence-electron chi connectivity index (χ1n) is 21.6. The van der Waals surface area contributed by atoms with E-state index in [0.717, 1.165) is 74.7 Å². The van der Waals surface area contributed by atoms with Gasteiger partial charge < -0.3 is 30.4 Å². The Morgan fingerprint density at radius 1 is 0.790 bits per heavy atom. The second-order valence-electron chi connectivity index (χ2n) is 17.6. The molecule has 0 spiro atoms. The zero-order valence-electron chi connectivity index (χ0n) is 34.7. The van der Waals surface area contributed by atoms with Crippen LogP contribution in [0.2, 0.25) is 0 Å². The number of imide groups is 2. The summed E-state index contributed by atoms with van der Waals surface area (Å²) in [6.07, 6.45) is 3.97. The molecule has 10 rings (SSSR count). The van der Waals surface area contributed by atoms with Crippen molar-refractivity contribution in [1.29, 1.82) is 0 Å². The molecule has 2 bridgehead atoms. The van der Waals surface area contributed by atoms with Crippen molar-refractivity contribution in [1.82, 2.24) is 30.2 Å². The van der Waals surface area contributed by atoms with Gasteiger partial charge in [-0.2, -0.15) is 0 Å². The predicted molar refractivity (Wildman–Crippen MR) is 231 cm³/mol. The van der Waals surface area contributed by atoms with Crippen LogP contribution in [0.5, 0.6) is 5.75 Å². The zero-order valence-corrected chi connectivity index (χ0v) is 34.7. The maximum atomic E-state index is 13.7. The largest absolute Gasteiger partial charge is 0.507 e. The Labute approximate surface area is 359 Å². The van der Waals surface area contributed by atoms with Crippen LogP contribution in [-0.4, -0.2) is 130 Å². The van der Waals surface area contributed by atoms with E-state index in [1.807, 2.05) is 30.1 Å². The van der Waals surface area contributed by atoms with Crippen molar-refractivity contribution in [2.24, 2.45) is 5.92 Å². The molecule has 5 saturated heterocycles. The Hall–Kier alpha value is -6.55. The molecule has 0 saturated carbocycles. The average Bonchev–Trinajstić information content (AvgIpc) is 3.66. The van der Waals surface area contributed by atoms with Crippen molar-refractivity contribution in [3.8, 4) is 17.0 Å². The minimum Gasteiger partial charge on any atom is -0.507 e. The van der Waals surface area contributed by atoms with Gasteiger partial charge in [0.25, 0.3) is 11.8 Å². The number of amides is 5. The number of phenolic OH excluding ortho intramolecular Hbond substituents is 1. The number of hydrogen-bond acceptors (Lipinski definition) is 13. The number of nitrogens with two attached hydrogens (primary N) is 1. The maximum Gasteiger partial charge on any atom is 0.262 e. The van der Waals surface area contributed by atoms with E-state index in [2.05, 4.69) is 59.4 Å². The molecule has 4 N–H and O–H groups in total. The molecule has 5 amide bonds. The number of anilines is 4. The van der Waals surface area contributed by atoms with E-state index >= 15 is 0 Å². The topological polar surface area (TPSA) is 189 Å². The van der Waals surface area contributed by atoms with Crippen LogP contribution in [0.3, 0.4) is 0 Å². The van der Waals surface area contributed by atoms with Crippen LogP contribution in [0.4, 0.5) is 22.9 Å². The molecule has 5 fully saturated rings. The molecule has 320 valence electrons. The molecular formula is C46H50N10O6. The van der Waals surface area contributed by atoms with Gasteiger partial charge in [-0.3, -0.25) is 39.1 Å². The van der Waals surface area contributed by atoms with Gasteiger partial charge in [-0.05, 0) is 99.3 Å². The average molecular weight is 839 g/mol. The molecule has 7 heterocycles. The number of likely N-dealkylation sites (tertiary alicyclic amines) is 1. The monoisotopic (exact) mass is 838 g/mol. The van der Waals surface area contributed by atoms with Gasteiger partial charge in [0.1, 0.15) is 11.8 Å². The van der Waals surface area contributed by atoms with E-state index in [9.17, 15) is 29.1 Å². The van der Waals surface area contributed by atoms with Gasteiger partial charge in [-0.15, -0.1) is 10.2 Å². The number of phenols is 1. The summed E-state index contributed by atoms with van der Waals surface area (Å²) in [6, 6.07) is 22.8. The minimum absolute atomic E-state index is 0.0333.